The number of rotatable bonds is 13. The van der Waals surface area contributed by atoms with Crippen LogP contribution >= 0.6 is 0 Å². The van der Waals surface area contributed by atoms with Gasteiger partial charge in [-0.15, -0.1) is 0 Å². The van der Waals surface area contributed by atoms with Gasteiger partial charge in [-0.25, -0.2) is 0 Å². The summed E-state index contributed by atoms with van der Waals surface area (Å²) in [6.07, 6.45) is 9.06. The van der Waals surface area contributed by atoms with Crippen molar-refractivity contribution in [1.82, 2.24) is 0 Å². The standard InChI is InChI=1S/C28H38O4/c1-5-9-20-32-27-22(13-6-2)25(30)24(26(31)28(27,18-7-3)19-8-4)23(29)17-16-21-14-11-10-12-15-21/h10-12,14-17,30H,5-9,13,18-20H2,1-4H3/b17-16+. The van der Waals surface area contributed by atoms with E-state index in [2.05, 4.69) is 6.92 Å². The molecule has 1 N–H and O–H groups in total. The fourth-order valence-corrected chi connectivity index (χ4v) is 4.50. The molecule has 0 saturated carbocycles. The summed E-state index contributed by atoms with van der Waals surface area (Å²) in [7, 11) is 0. The number of carbonyl (C=O) groups is 2. The van der Waals surface area contributed by atoms with Crippen molar-refractivity contribution in [2.75, 3.05) is 6.61 Å². The molecule has 1 aromatic carbocycles. The van der Waals surface area contributed by atoms with Crippen molar-refractivity contribution in [3.05, 3.63) is 64.6 Å². The zero-order valence-electron chi connectivity index (χ0n) is 20.1. The average molecular weight is 439 g/mol. The molecule has 0 radical (unpaired) electrons. The third kappa shape index (κ3) is 5.59. The minimum atomic E-state index is -0.889. The van der Waals surface area contributed by atoms with E-state index in [0.29, 0.717) is 37.2 Å². The van der Waals surface area contributed by atoms with E-state index in [4.69, 9.17) is 4.74 Å². The van der Waals surface area contributed by atoms with Gasteiger partial charge in [-0.2, -0.15) is 0 Å². The van der Waals surface area contributed by atoms with Gasteiger partial charge in [0.15, 0.2) is 11.6 Å². The number of ketones is 2. The van der Waals surface area contributed by atoms with Gasteiger partial charge >= 0.3 is 0 Å². The second kappa shape index (κ2) is 12.4. The Morgan fingerprint density at radius 2 is 1.66 bits per heavy atom. The second-order valence-corrected chi connectivity index (χ2v) is 8.50. The third-order valence-electron chi connectivity index (χ3n) is 5.96. The normalized spacial score (nSPS) is 16.2. The summed E-state index contributed by atoms with van der Waals surface area (Å²) >= 11 is 0. The fraction of sp³-hybridized carbons (Fsp3) is 0.500. The topological polar surface area (TPSA) is 63.6 Å². The molecule has 0 fully saturated rings. The monoisotopic (exact) mass is 438 g/mol. The van der Waals surface area contributed by atoms with E-state index in [9.17, 15) is 14.7 Å². The number of unbranched alkanes of at least 4 members (excludes halogenated alkanes) is 1. The van der Waals surface area contributed by atoms with Crippen molar-refractivity contribution in [2.24, 2.45) is 5.41 Å². The number of aliphatic hydroxyl groups excluding tert-OH is 1. The van der Waals surface area contributed by atoms with Gasteiger partial charge in [0.1, 0.15) is 17.1 Å². The molecular formula is C28H38O4. The van der Waals surface area contributed by atoms with E-state index in [1.54, 1.807) is 6.08 Å². The van der Waals surface area contributed by atoms with Gasteiger partial charge in [0.25, 0.3) is 0 Å². The number of carbonyl (C=O) groups excluding carboxylic acids is 2. The molecule has 1 aliphatic carbocycles. The first-order valence-corrected chi connectivity index (χ1v) is 12.1. The number of hydrogen-bond acceptors (Lipinski definition) is 4. The molecule has 0 bridgehead atoms. The van der Waals surface area contributed by atoms with Gasteiger partial charge in [0.05, 0.1) is 12.0 Å². The van der Waals surface area contributed by atoms with Crippen LogP contribution in [0.4, 0.5) is 0 Å². The molecule has 4 heteroatoms. The van der Waals surface area contributed by atoms with Crippen LogP contribution < -0.4 is 0 Å². The highest BCUT2D eigenvalue weighted by Crippen LogP contribution is 2.48. The summed E-state index contributed by atoms with van der Waals surface area (Å²) < 4.78 is 6.24. The Labute approximate surface area is 193 Å². The van der Waals surface area contributed by atoms with Crippen LogP contribution in [0.25, 0.3) is 6.08 Å². The number of hydrogen-bond donors (Lipinski definition) is 1. The van der Waals surface area contributed by atoms with Crippen molar-refractivity contribution in [2.45, 2.75) is 79.1 Å². The van der Waals surface area contributed by atoms with Crippen LogP contribution in [0.2, 0.25) is 0 Å². The maximum atomic E-state index is 13.9. The minimum absolute atomic E-state index is 0.0922. The molecule has 0 unspecified atom stereocenters. The molecule has 0 spiro atoms. The van der Waals surface area contributed by atoms with Crippen LogP contribution in [0.15, 0.2) is 59.1 Å². The van der Waals surface area contributed by atoms with Gasteiger partial charge in [-0.3, -0.25) is 9.59 Å². The summed E-state index contributed by atoms with van der Waals surface area (Å²) in [5.41, 5.74) is 0.511. The van der Waals surface area contributed by atoms with Gasteiger partial charge in [-0.1, -0.05) is 89.8 Å². The highest BCUT2D eigenvalue weighted by atomic mass is 16.5. The van der Waals surface area contributed by atoms with Gasteiger partial charge in [0, 0.05) is 5.57 Å². The molecule has 32 heavy (non-hydrogen) atoms. The molecule has 1 aliphatic rings. The zero-order chi connectivity index (χ0) is 23.6. The number of benzene rings is 1. The lowest BCUT2D eigenvalue weighted by molar-refractivity contribution is -0.129. The first-order chi connectivity index (χ1) is 15.5. The highest BCUT2D eigenvalue weighted by Gasteiger charge is 2.50. The summed E-state index contributed by atoms with van der Waals surface area (Å²) in [6.45, 7) is 8.71. The van der Waals surface area contributed by atoms with E-state index < -0.39 is 11.2 Å². The van der Waals surface area contributed by atoms with Crippen LogP contribution in [0.3, 0.4) is 0 Å². The van der Waals surface area contributed by atoms with Crippen molar-refractivity contribution in [3.63, 3.8) is 0 Å². The lowest BCUT2D eigenvalue weighted by Crippen LogP contribution is -2.41. The molecule has 0 saturated heterocycles. The summed E-state index contributed by atoms with van der Waals surface area (Å²) in [5.74, 6) is -0.349. The Hall–Kier alpha value is -2.62. The molecule has 1 aromatic rings. The molecule has 174 valence electrons. The Bertz CT molecular complexity index is 868. The predicted molar refractivity (Wildman–Crippen MR) is 130 cm³/mol. The van der Waals surface area contributed by atoms with Gasteiger partial charge in [-0.05, 0) is 37.3 Å². The fourth-order valence-electron chi connectivity index (χ4n) is 4.50. The number of ether oxygens (including phenoxy) is 1. The van der Waals surface area contributed by atoms with Crippen molar-refractivity contribution in [1.29, 1.82) is 0 Å². The summed E-state index contributed by atoms with van der Waals surface area (Å²) in [6, 6.07) is 9.47. The lowest BCUT2D eigenvalue weighted by atomic mass is 9.66. The predicted octanol–water partition coefficient (Wildman–Crippen LogP) is 7.12. The van der Waals surface area contributed by atoms with Gasteiger partial charge < -0.3 is 9.84 Å². The van der Waals surface area contributed by atoms with Crippen molar-refractivity contribution < 1.29 is 19.4 Å². The van der Waals surface area contributed by atoms with Crippen molar-refractivity contribution >= 4 is 17.6 Å². The second-order valence-electron chi connectivity index (χ2n) is 8.50. The largest absolute Gasteiger partial charge is 0.507 e. The number of aliphatic hydroxyl groups is 1. The van der Waals surface area contributed by atoms with Crippen LogP contribution in [0, 0.1) is 5.41 Å². The smallest absolute Gasteiger partial charge is 0.193 e. The number of allylic oxidation sites excluding steroid dienone is 4. The quantitative estimate of drug-likeness (QED) is 0.202. The van der Waals surface area contributed by atoms with E-state index in [0.717, 1.165) is 37.7 Å². The first kappa shape index (κ1) is 25.6. The summed E-state index contributed by atoms with van der Waals surface area (Å²) in [5, 5.41) is 11.2. The number of Topliss-reactive ketones (excluding diaryl/α,β-unsaturated/α-hetero) is 1. The maximum Gasteiger partial charge on any atom is 0.193 e. The maximum absolute atomic E-state index is 13.9. The Morgan fingerprint density at radius 3 is 2.22 bits per heavy atom. The molecule has 0 aliphatic heterocycles. The Balaban J connectivity index is 2.62. The van der Waals surface area contributed by atoms with E-state index in [1.165, 1.54) is 6.08 Å². The first-order valence-electron chi connectivity index (χ1n) is 12.1. The minimum Gasteiger partial charge on any atom is -0.507 e. The highest BCUT2D eigenvalue weighted by molar-refractivity contribution is 6.28. The van der Waals surface area contributed by atoms with E-state index in [1.807, 2.05) is 51.1 Å². The van der Waals surface area contributed by atoms with Crippen LogP contribution in [-0.2, 0) is 14.3 Å². The summed E-state index contributed by atoms with van der Waals surface area (Å²) in [4.78, 5) is 27.1. The zero-order valence-corrected chi connectivity index (χ0v) is 20.1. The molecule has 4 nitrogen and oxygen atoms in total. The third-order valence-corrected chi connectivity index (χ3v) is 5.96. The Morgan fingerprint density at radius 1 is 1.00 bits per heavy atom. The van der Waals surface area contributed by atoms with Crippen molar-refractivity contribution in [3.8, 4) is 0 Å². The van der Waals surface area contributed by atoms with Gasteiger partial charge in [0.2, 0.25) is 0 Å². The van der Waals surface area contributed by atoms with Crippen LogP contribution in [-0.4, -0.2) is 23.3 Å². The van der Waals surface area contributed by atoms with E-state index >= 15 is 0 Å². The van der Waals surface area contributed by atoms with E-state index in [-0.39, 0.29) is 17.1 Å². The van der Waals surface area contributed by atoms with Crippen LogP contribution in [0.5, 0.6) is 0 Å². The SMILES string of the molecule is CCCCOC1=C(CCC)C(O)=C(C(=O)/C=C/c2ccccc2)C(=O)C1(CCC)CCC. The lowest BCUT2D eigenvalue weighted by Gasteiger charge is -2.39. The average Bonchev–Trinajstić information content (AvgIpc) is 2.79. The molecule has 0 atom stereocenters. The molecular weight excluding hydrogens is 400 g/mol. The van der Waals surface area contributed by atoms with Crippen LogP contribution in [0.1, 0.15) is 84.6 Å². The molecule has 0 aromatic heterocycles. The Kier molecular flexibility index (Phi) is 9.96. The molecule has 2 rings (SSSR count). The molecule has 0 amide bonds. The molecule has 0 heterocycles.